The Bertz CT molecular complexity index is 782. The van der Waals surface area contributed by atoms with Crippen LogP contribution in [0.4, 0.5) is 0 Å². The summed E-state index contributed by atoms with van der Waals surface area (Å²) in [4.78, 5) is 29.9. The van der Waals surface area contributed by atoms with Gasteiger partial charge in [-0.3, -0.25) is 9.59 Å². The van der Waals surface area contributed by atoms with E-state index >= 15 is 0 Å². The smallest absolute Gasteiger partial charge is 0.253 e. The standard InChI is InChI=1S/C18H20N4O3/c1-3-16(23)19-10-13-4-6-14(7-5-13)18(24)22-9-8-15(11-22)17-20-12(2)21-25-17/h3-7,15H,1,8-11H2,2H3,(H,19,23). The van der Waals surface area contributed by atoms with Gasteiger partial charge < -0.3 is 14.7 Å². The van der Waals surface area contributed by atoms with E-state index in [0.29, 0.717) is 36.9 Å². The van der Waals surface area contributed by atoms with Crippen LogP contribution in [0, 0.1) is 6.92 Å². The fourth-order valence-electron chi connectivity index (χ4n) is 2.83. The average molecular weight is 340 g/mol. The Morgan fingerprint density at radius 1 is 1.40 bits per heavy atom. The van der Waals surface area contributed by atoms with Crippen molar-refractivity contribution in [2.75, 3.05) is 13.1 Å². The third-order valence-corrected chi connectivity index (χ3v) is 4.22. The van der Waals surface area contributed by atoms with Gasteiger partial charge in [-0.2, -0.15) is 4.98 Å². The Balaban J connectivity index is 1.59. The number of hydrogen-bond acceptors (Lipinski definition) is 5. The number of aryl methyl sites for hydroxylation is 1. The summed E-state index contributed by atoms with van der Waals surface area (Å²) in [5.74, 6) is 1.07. The summed E-state index contributed by atoms with van der Waals surface area (Å²) in [5.41, 5.74) is 1.55. The minimum Gasteiger partial charge on any atom is -0.348 e. The minimum atomic E-state index is -0.223. The second-order valence-electron chi connectivity index (χ2n) is 6.04. The fraction of sp³-hybridized carbons (Fsp3) is 0.333. The molecule has 1 unspecified atom stereocenters. The van der Waals surface area contributed by atoms with Crippen LogP contribution in [0.2, 0.25) is 0 Å². The van der Waals surface area contributed by atoms with E-state index in [4.69, 9.17) is 4.52 Å². The number of benzene rings is 1. The molecule has 1 atom stereocenters. The minimum absolute atomic E-state index is 0.0135. The largest absolute Gasteiger partial charge is 0.348 e. The van der Waals surface area contributed by atoms with Gasteiger partial charge in [0.15, 0.2) is 5.82 Å². The normalized spacial score (nSPS) is 16.7. The van der Waals surface area contributed by atoms with Gasteiger partial charge in [0.2, 0.25) is 11.8 Å². The van der Waals surface area contributed by atoms with Crippen LogP contribution in [0.25, 0.3) is 0 Å². The first-order valence-electron chi connectivity index (χ1n) is 8.15. The third-order valence-electron chi connectivity index (χ3n) is 4.22. The second-order valence-corrected chi connectivity index (χ2v) is 6.04. The van der Waals surface area contributed by atoms with Crippen LogP contribution in [0.1, 0.15) is 40.0 Å². The molecular weight excluding hydrogens is 320 g/mol. The van der Waals surface area contributed by atoms with E-state index in [1.165, 1.54) is 6.08 Å². The summed E-state index contributed by atoms with van der Waals surface area (Å²) < 4.78 is 5.21. The molecule has 1 fully saturated rings. The predicted molar refractivity (Wildman–Crippen MR) is 90.8 cm³/mol. The average Bonchev–Trinajstić information content (AvgIpc) is 3.28. The quantitative estimate of drug-likeness (QED) is 0.839. The first kappa shape index (κ1) is 16.9. The second kappa shape index (κ2) is 7.29. The number of carbonyl (C=O) groups excluding carboxylic acids is 2. The van der Waals surface area contributed by atoms with Crippen molar-refractivity contribution in [2.24, 2.45) is 0 Å². The zero-order chi connectivity index (χ0) is 17.8. The molecule has 1 aromatic carbocycles. The topological polar surface area (TPSA) is 88.3 Å². The summed E-state index contributed by atoms with van der Waals surface area (Å²) in [6, 6.07) is 7.24. The summed E-state index contributed by atoms with van der Waals surface area (Å²) in [6.45, 7) is 6.84. The maximum Gasteiger partial charge on any atom is 0.253 e. The van der Waals surface area contributed by atoms with E-state index in [1.807, 2.05) is 12.1 Å². The monoisotopic (exact) mass is 340 g/mol. The number of nitrogens with one attached hydrogen (secondary N) is 1. The van der Waals surface area contributed by atoms with E-state index < -0.39 is 0 Å². The molecule has 1 aromatic heterocycles. The number of rotatable bonds is 5. The van der Waals surface area contributed by atoms with Gasteiger partial charge in [-0.25, -0.2) is 0 Å². The molecule has 130 valence electrons. The summed E-state index contributed by atoms with van der Waals surface area (Å²) in [5, 5.41) is 6.51. The molecule has 3 rings (SSSR count). The molecular formula is C18H20N4O3. The zero-order valence-corrected chi connectivity index (χ0v) is 14.1. The van der Waals surface area contributed by atoms with Crippen LogP contribution in [0.5, 0.6) is 0 Å². The fourth-order valence-corrected chi connectivity index (χ4v) is 2.83. The number of amides is 2. The van der Waals surface area contributed by atoms with E-state index in [2.05, 4.69) is 22.0 Å². The van der Waals surface area contributed by atoms with Crippen LogP contribution >= 0.6 is 0 Å². The first-order valence-corrected chi connectivity index (χ1v) is 8.15. The molecule has 1 aliphatic rings. The predicted octanol–water partition coefficient (Wildman–Crippen LogP) is 1.81. The van der Waals surface area contributed by atoms with Crippen LogP contribution in [0.15, 0.2) is 41.4 Å². The van der Waals surface area contributed by atoms with Crippen molar-refractivity contribution in [1.29, 1.82) is 0 Å². The van der Waals surface area contributed by atoms with E-state index in [9.17, 15) is 9.59 Å². The lowest BCUT2D eigenvalue weighted by Crippen LogP contribution is -2.28. The van der Waals surface area contributed by atoms with Crippen LogP contribution < -0.4 is 5.32 Å². The van der Waals surface area contributed by atoms with Gasteiger partial charge in [0.25, 0.3) is 5.91 Å². The Hall–Kier alpha value is -2.96. The number of hydrogen-bond donors (Lipinski definition) is 1. The molecule has 0 bridgehead atoms. The van der Waals surface area contributed by atoms with Crippen molar-refractivity contribution < 1.29 is 14.1 Å². The Labute approximate surface area is 145 Å². The Morgan fingerprint density at radius 2 is 2.16 bits per heavy atom. The summed E-state index contributed by atoms with van der Waals surface area (Å²) in [6.07, 6.45) is 2.05. The van der Waals surface area contributed by atoms with Crippen molar-refractivity contribution in [3.63, 3.8) is 0 Å². The summed E-state index contributed by atoms with van der Waals surface area (Å²) >= 11 is 0. The molecule has 2 amide bonds. The number of likely N-dealkylation sites (tertiary alicyclic amines) is 1. The number of aromatic nitrogens is 2. The van der Waals surface area contributed by atoms with Gasteiger partial charge in [0.1, 0.15) is 0 Å². The Kier molecular flexibility index (Phi) is 4.92. The van der Waals surface area contributed by atoms with Crippen molar-refractivity contribution in [1.82, 2.24) is 20.4 Å². The molecule has 0 radical (unpaired) electrons. The molecule has 1 saturated heterocycles. The number of nitrogens with zero attached hydrogens (tertiary/aromatic N) is 3. The highest BCUT2D eigenvalue weighted by Gasteiger charge is 2.31. The molecule has 25 heavy (non-hydrogen) atoms. The van der Waals surface area contributed by atoms with Crippen LogP contribution in [-0.2, 0) is 11.3 Å². The molecule has 0 aliphatic carbocycles. The molecule has 0 saturated carbocycles. The van der Waals surface area contributed by atoms with E-state index in [1.54, 1.807) is 24.0 Å². The lowest BCUT2D eigenvalue weighted by atomic mass is 10.1. The number of carbonyl (C=O) groups is 2. The van der Waals surface area contributed by atoms with Crippen LogP contribution in [0.3, 0.4) is 0 Å². The van der Waals surface area contributed by atoms with Gasteiger partial charge >= 0.3 is 0 Å². The van der Waals surface area contributed by atoms with E-state index in [-0.39, 0.29) is 17.7 Å². The maximum absolute atomic E-state index is 12.6. The maximum atomic E-state index is 12.6. The van der Waals surface area contributed by atoms with Gasteiger partial charge in [-0.05, 0) is 37.1 Å². The molecule has 0 spiro atoms. The molecule has 1 aliphatic heterocycles. The highest BCUT2D eigenvalue weighted by atomic mass is 16.5. The SMILES string of the molecule is C=CC(=O)NCc1ccc(C(=O)N2CCC(c3nc(C)no3)C2)cc1. The van der Waals surface area contributed by atoms with Gasteiger partial charge in [-0.1, -0.05) is 23.9 Å². The lowest BCUT2D eigenvalue weighted by Gasteiger charge is -2.16. The van der Waals surface area contributed by atoms with E-state index in [0.717, 1.165) is 12.0 Å². The van der Waals surface area contributed by atoms with Gasteiger partial charge in [-0.15, -0.1) is 0 Å². The van der Waals surface area contributed by atoms with Crippen molar-refractivity contribution in [3.8, 4) is 0 Å². The molecule has 2 aromatic rings. The third kappa shape index (κ3) is 3.93. The van der Waals surface area contributed by atoms with Crippen molar-refractivity contribution in [2.45, 2.75) is 25.8 Å². The lowest BCUT2D eigenvalue weighted by molar-refractivity contribution is -0.116. The summed E-state index contributed by atoms with van der Waals surface area (Å²) in [7, 11) is 0. The molecule has 2 heterocycles. The molecule has 7 heteroatoms. The van der Waals surface area contributed by atoms with Gasteiger partial charge in [0.05, 0.1) is 5.92 Å². The first-order chi connectivity index (χ1) is 12.1. The van der Waals surface area contributed by atoms with Crippen molar-refractivity contribution in [3.05, 3.63) is 59.8 Å². The highest BCUT2D eigenvalue weighted by molar-refractivity contribution is 5.94. The van der Waals surface area contributed by atoms with Gasteiger partial charge in [0, 0.05) is 25.2 Å². The molecule has 7 nitrogen and oxygen atoms in total. The van der Waals surface area contributed by atoms with Crippen LogP contribution in [-0.4, -0.2) is 39.9 Å². The zero-order valence-electron chi connectivity index (χ0n) is 14.1. The Morgan fingerprint density at radius 3 is 2.80 bits per heavy atom. The molecule has 1 N–H and O–H groups in total. The van der Waals surface area contributed by atoms with Crippen molar-refractivity contribution >= 4 is 11.8 Å². The highest BCUT2D eigenvalue weighted by Crippen LogP contribution is 2.27.